The Morgan fingerprint density at radius 3 is 1.79 bits per heavy atom. The minimum atomic E-state index is -2.90. The van der Waals surface area contributed by atoms with Gasteiger partial charge < -0.3 is 118 Å². The number of phenolic OH excluding ortho intramolecular Hbond substituents is 2. The van der Waals surface area contributed by atoms with Crippen LogP contribution < -0.4 is 4.74 Å². The number of aliphatic hydroxyl groups excluding tert-OH is 10. The number of aromatic hydroxyl groups is 2. The second-order valence-electron chi connectivity index (χ2n) is 18.6. The van der Waals surface area contributed by atoms with Gasteiger partial charge in [-0.05, 0) is 59.7 Å². The molecule has 0 unspecified atom stereocenters. The quantitative estimate of drug-likeness (QED) is 0.0281. The molecule has 7 rings (SSSR count). The summed E-state index contributed by atoms with van der Waals surface area (Å²) >= 11 is 0. The molecular formula is C52H62O28. The van der Waals surface area contributed by atoms with Crippen molar-refractivity contribution >= 4 is 36.0 Å². The molecule has 3 aromatic carbocycles. The summed E-state index contributed by atoms with van der Waals surface area (Å²) < 4.78 is 70.4. The van der Waals surface area contributed by atoms with E-state index in [0.717, 1.165) is 19.1 Å². The van der Waals surface area contributed by atoms with E-state index < -0.39 is 173 Å². The summed E-state index contributed by atoms with van der Waals surface area (Å²) in [7, 11) is 1.29. The molecule has 0 radical (unpaired) electrons. The molecule has 3 aromatic rings. The zero-order valence-corrected chi connectivity index (χ0v) is 42.6. The summed E-state index contributed by atoms with van der Waals surface area (Å²) in [5.41, 5.74) is 0.567. The first-order valence-electron chi connectivity index (χ1n) is 24.7. The fourth-order valence-corrected chi connectivity index (χ4v) is 8.87. The molecule has 0 aromatic heterocycles. The molecule has 0 saturated carbocycles. The van der Waals surface area contributed by atoms with Crippen LogP contribution in [0.3, 0.4) is 0 Å². The van der Waals surface area contributed by atoms with Crippen LogP contribution >= 0.6 is 0 Å². The summed E-state index contributed by atoms with van der Waals surface area (Å²) in [6, 6.07) is 16.7. The Balaban J connectivity index is 1.36. The van der Waals surface area contributed by atoms with Crippen molar-refractivity contribution in [3.05, 3.63) is 102 Å². The van der Waals surface area contributed by atoms with Gasteiger partial charge in [0.15, 0.2) is 42.6 Å². The van der Waals surface area contributed by atoms with Gasteiger partial charge in [0.1, 0.15) is 98.3 Å². The van der Waals surface area contributed by atoms with E-state index in [2.05, 4.69) is 0 Å². The van der Waals surface area contributed by atoms with Crippen molar-refractivity contribution in [3.63, 3.8) is 0 Å². The third-order valence-electron chi connectivity index (χ3n) is 13.1. The van der Waals surface area contributed by atoms with E-state index in [1.807, 2.05) is 0 Å². The number of hydrogen-bond acceptors (Lipinski definition) is 28. The molecule has 438 valence electrons. The molecule has 0 amide bonds. The number of esters is 4. The van der Waals surface area contributed by atoms with Crippen molar-refractivity contribution in [3.8, 4) is 17.2 Å². The average Bonchev–Trinajstić information content (AvgIpc) is 3.90. The second kappa shape index (κ2) is 27.5. The van der Waals surface area contributed by atoms with Crippen molar-refractivity contribution in [2.45, 2.75) is 123 Å². The number of methoxy groups -OCH3 is 1. The minimum Gasteiger partial charge on any atom is -0.508 e. The van der Waals surface area contributed by atoms with Gasteiger partial charge in [-0.15, -0.1) is 0 Å². The van der Waals surface area contributed by atoms with Gasteiger partial charge in [0.05, 0.1) is 32.5 Å². The lowest BCUT2D eigenvalue weighted by Crippen LogP contribution is -2.69. The van der Waals surface area contributed by atoms with Crippen LogP contribution in [-0.2, 0) is 66.5 Å². The molecular weight excluding hydrogens is 1070 g/mol. The summed E-state index contributed by atoms with van der Waals surface area (Å²) in [4.78, 5) is 53.3. The van der Waals surface area contributed by atoms with Gasteiger partial charge in [0.25, 0.3) is 0 Å². The molecule has 12 N–H and O–H groups in total. The fourth-order valence-electron chi connectivity index (χ4n) is 8.87. The molecule has 0 spiro atoms. The molecule has 0 aliphatic carbocycles. The lowest BCUT2D eigenvalue weighted by molar-refractivity contribution is -0.421. The zero-order chi connectivity index (χ0) is 58.0. The summed E-state index contributed by atoms with van der Waals surface area (Å²) in [5.74, 6) is -7.59. The predicted molar refractivity (Wildman–Crippen MR) is 262 cm³/mol. The predicted octanol–water partition coefficient (Wildman–Crippen LogP) is -3.36. The van der Waals surface area contributed by atoms with Crippen LogP contribution in [0.4, 0.5) is 0 Å². The summed E-state index contributed by atoms with van der Waals surface area (Å²) in [6.07, 6.45) is -33.2. The zero-order valence-electron chi connectivity index (χ0n) is 42.6. The van der Waals surface area contributed by atoms with Crippen LogP contribution in [0, 0.1) is 0 Å². The van der Waals surface area contributed by atoms with Crippen molar-refractivity contribution in [1.29, 1.82) is 0 Å². The topological polar surface area (TPSA) is 422 Å². The standard InChI is InChI=1S/C52H62O28/c1-24(56)70-22-34-38(62)41(65)43(67)50(74-34)76-45-44(75-36(60)17-11-25-8-13-28(57)14-9-25)33(21-55)73-51(46(45)77-49-42(66)40(64)37(61)31(19-53)72-49)80-52(23-71-35(59)16-12-26-10-15-29(58)30(18-26)69-2)47(39(63)32(20-54)79-52)78-48(68)27-6-4-3-5-7-27/h3-18,31-34,37-47,49-51,53-55,57-58,61-67H,19-23H2,1-2H3/b16-12+,17-11+/t31-,32+,33-,34-,37-,38-,39+,40+,41+,42-,43-,44-,45+,46-,47+,49+,50+,51-,52-/m1/s1. The number of hydrogen-bond donors (Lipinski definition) is 12. The van der Waals surface area contributed by atoms with Crippen LogP contribution in [0.1, 0.15) is 28.4 Å². The van der Waals surface area contributed by atoms with Gasteiger partial charge in [-0.25, -0.2) is 14.4 Å². The number of carbonyl (C=O) groups is 4. The number of ether oxygens (including phenoxy) is 12. The number of carbonyl (C=O) groups excluding carboxylic acids is 4. The first-order chi connectivity index (χ1) is 38.2. The Hall–Kier alpha value is -6.26. The van der Waals surface area contributed by atoms with E-state index >= 15 is 0 Å². The van der Waals surface area contributed by atoms with E-state index in [0.29, 0.717) is 11.1 Å². The Labute approximate surface area is 454 Å². The van der Waals surface area contributed by atoms with Gasteiger partial charge in [0.2, 0.25) is 5.79 Å². The molecule has 80 heavy (non-hydrogen) atoms. The number of benzene rings is 3. The maximum Gasteiger partial charge on any atom is 0.338 e. The van der Waals surface area contributed by atoms with E-state index in [4.69, 9.17) is 56.8 Å². The van der Waals surface area contributed by atoms with Gasteiger partial charge in [-0.3, -0.25) is 4.79 Å². The van der Waals surface area contributed by atoms with E-state index in [1.54, 1.807) is 6.07 Å². The number of phenols is 2. The van der Waals surface area contributed by atoms with Crippen molar-refractivity contribution < 1.29 is 137 Å². The van der Waals surface area contributed by atoms with Crippen LogP contribution in [0.15, 0.2) is 84.9 Å². The largest absolute Gasteiger partial charge is 0.508 e. The number of aliphatic hydroxyl groups is 10. The third-order valence-corrected chi connectivity index (χ3v) is 13.1. The lowest BCUT2D eigenvalue weighted by atomic mass is 9.95. The molecule has 28 heteroatoms. The molecule has 4 heterocycles. The highest BCUT2D eigenvalue weighted by molar-refractivity contribution is 5.90. The Morgan fingerprint density at radius 2 is 1.16 bits per heavy atom. The molecule has 4 saturated heterocycles. The smallest absolute Gasteiger partial charge is 0.338 e. The van der Waals surface area contributed by atoms with E-state index in [-0.39, 0.29) is 22.8 Å². The summed E-state index contributed by atoms with van der Waals surface area (Å²) in [5, 5.41) is 130. The van der Waals surface area contributed by atoms with Gasteiger partial charge in [-0.1, -0.05) is 36.4 Å². The van der Waals surface area contributed by atoms with Crippen LogP contribution in [-0.4, -0.2) is 242 Å². The second-order valence-corrected chi connectivity index (χ2v) is 18.6. The molecule has 28 nitrogen and oxygen atoms in total. The highest BCUT2D eigenvalue weighted by Crippen LogP contribution is 2.42. The number of rotatable bonds is 21. The highest BCUT2D eigenvalue weighted by Gasteiger charge is 2.64. The van der Waals surface area contributed by atoms with Gasteiger partial charge in [0, 0.05) is 19.1 Å². The Bertz CT molecular complexity index is 2600. The van der Waals surface area contributed by atoms with Crippen LogP contribution in [0.2, 0.25) is 0 Å². The summed E-state index contributed by atoms with van der Waals surface area (Å²) in [6.45, 7) is -4.17. The lowest BCUT2D eigenvalue weighted by Gasteiger charge is -2.50. The van der Waals surface area contributed by atoms with E-state index in [1.165, 1.54) is 86.0 Å². The van der Waals surface area contributed by atoms with Crippen LogP contribution in [0.5, 0.6) is 17.2 Å². The average molecular weight is 1140 g/mol. The third kappa shape index (κ3) is 14.4. The van der Waals surface area contributed by atoms with E-state index in [9.17, 15) is 80.5 Å². The molecule has 19 atom stereocenters. The van der Waals surface area contributed by atoms with Crippen molar-refractivity contribution in [2.75, 3.05) is 40.1 Å². The molecule has 4 aliphatic heterocycles. The van der Waals surface area contributed by atoms with Crippen molar-refractivity contribution in [1.82, 2.24) is 0 Å². The highest BCUT2D eigenvalue weighted by atomic mass is 16.8. The molecule has 0 bridgehead atoms. The molecule has 4 fully saturated rings. The SMILES string of the molecule is COc1cc(/C=C/C(=O)OC[C@]2(O[C@H]3O[C@H](CO)[C@@H](OC(=O)/C=C/c4ccc(O)cc4)[C@H](O[C@@H]4O[C@H](COC(C)=O)[C@@H](O)[C@H](O)[C@H]4O)[C@H]3O[C@@H]3O[C@H](CO)[C@@H](O)[C@H](O)[C@H]3O)O[C@@H](CO)[C@H](O)[C@@H]2OC(=O)c2ccccc2)ccc1O. The Kier molecular flexibility index (Phi) is 21.1. The molecule has 4 aliphatic rings. The first-order valence-corrected chi connectivity index (χ1v) is 24.7. The monoisotopic (exact) mass is 1130 g/mol. The van der Waals surface area contributed by atoms with Gasteiger partial charge in [-0.2, -0.15) is 0 Å². The normalized spacial score (nSPS) is 34.5. The maximum absolute atomic E-state index is 13.9. The van der Waals surface area contributed by atoms with Crippen molar-refractivity contribution in [2.24, 2.45) is 0 Å². The minimum absolute atomic E-state index is 0.0402. The maximum atomic E-state index is 13.9. The first kappa shape index (κ1) is 61.4. The van der Waals surface area contributed by atoms with Gasteiger partial charge >= 0.3 is 23.9 Å². The fraction of sp³-hybridized carbons (Fsp3) is 0.500. The van der Waals surface area contributed by atoms with Crippen LogP contribution in [0.25, 0.3) is 12.2 Å². The Morgan fingerprint density at radius 1 is 0.588 bits per heavy atom.